The predicted molar refractivity (Wildman–Crippen MR) is 125 cm³/mol. The normalized spacial score (nSPS) is 13.0. The Hall–Kier alpha value is -1.33. The summed E-state index contributed by atoms with van der Waals surface area (Å²) < 4.78 is 5.46. The van der Waals surface area contributed by atoms with Gasteiger partial charge in [-0.2, -0.15) is 0 Å². The lowest BCUT2D eigenvalue weighted by Gasteiger charge is -2.35. The zero-order valence-electron chi connectivity index (χ0n) is 20.3. The van der Waals surface area contributed by atoms with E-state index in [0.717, 1.165) is 19.3 Å². The van der Waals surface area contributed by atoms with Gasteiger partial charge in [0, 0.05) is 13.6 Å². The smallest absolute Gasteiger partial charge is 0.410 e. The van der Waals surface area contributed by atoms with Crippen molar-refractivity contribution in [2.75, 3.05) is 13.6 Å². The average Bonchev–Trinajstić information content (AvgIpc) is 2.55. The van der Waals surface area contributed by atoms with Gasteiger partial charge in [-0.25, -0.2) is 4.79 Å². The third-order valence-corrected chi connectivity index (χ3v) is 9.51. The Kier molecular flexibility index (Phi) is 8.55. The third kappa shape index (κ3) is 8.13. The van der Waals surface area contributed by atoms with Crippen LogP contribution in [0.2, 0.25) is 18.1 Å². The zero-order valence-corrected chi connectivity index (χ0v) is 21.3. The number of hydrogen-bond donors (Lipinski definition) is 1. The van der Waals surface area contributed by atoms with Gasteiger partial charge in [0.05, 0.1) is 0 Å². The first-order valence-electron chi connectivity index (χ1n) is 10.8. The second-order valence-corrected chi connectivity index (χ2v) is 15.3. The van der Waals surface area contributed by atoms with E-state index >= 15 is 0 Å². The van der Waals surface area contributed by atoms with Crippen molar-refractivity contribution in [3.63, 3.8) is 0 Å². The van der Waals surface area contributed by atoms with Crippen LogP contribution in [0.1, 0.15) is 77.5 Å². The van der Waals surface area contributed by atoms with Gasteiger partial charge in [0.15, 0.2) is 8.32 Å². The number of likely N-dealkylation sites (N-methyl/N-ethyl adjacent to an activating group) is 1. The lowest BCUT2D eigenvalue weighted by molar-refractivity contribution is 0.0300. The van der Waals surface area contributed by atoms with E-state index in [4.69, 9.17) is 4.74 Å². The summed E-state index contributed by atoms with van der Waals surface area (Å²) in [4.78, 5) is 24.5. The lowest BCUT2D eigenvalue weighted by atomic mass is 9.91. The Morgan fingerprint density at radius 1 is 1.14 bits per heavy atom. The van der Waals surface area contributed by atoms with Crippen LogP contribution in [0.3, 0.4) is 0 Å². The quantitative estimate of drug-likeness (QED) is 0.514. The summed E-state index contributed by atoms with van der Waals surface area (Å²) in [5.74, 6) is 0.436. The maximum atomic E-state index is 12.3. The molecule has 0 atom stereocenters. The molecule has 1 rings (SSSR count). The van der Waals surface area contributed by atoms with E-state index in [1.807, 2.05) is 33.9 Å². The van der Waals surface area contributed by atoms with E-state index in [9.17, 15) is 9.59 Å². The van der Waals surface area contributed by atoms with Gasteiger partial charge in [-0.1, -0.05) is 45.9 Å². The van der Waals surface area contributed by atoms with Gasteiger partial charge in [0.2, 0.25) is 0 Å². The molecule has 0 aliphatic heterocycles. The summed E-state index contributed by atoms with van der Waals surface area (Å²) in [5.41, 5.74) is 3.45. The minimum atomic E-state index is -2.20. The van der Waals surface area contributed by atoms with E-state index in [0.29, 0.717) is 12.5 Å². The van der Waals surface area contributed by atoms with Crippen LogP contribution in [-0.4, -0.2) is 43.3 Å². The van der Waals surface area contributed by atoms with Crippen LogP contribution < -0.4 is 0 Å². The first-order valence-corrected chi connectivity index (χ1v) is 13.8. The van der Waals surface area contributed by atoms with Crippen molar-refractivity contribution in [2.24, 2.45) is 0 Å². The average molecular weight is 422 g/mol. The van der Waals surface area contributed by atoms with E-state index in [-0.39, 0.29) is 11.1 Å². The molecule has 0 saturated heterocycles. The molecule has 0 unspecified atom stereocenters. The number of carbonyl (C=O) groups is 1. The summed E-state index contributed by atoms with van der Waals surface area (Å²) in [5, 5.41) is -0.0270. The number of aryl methyl sites for hydroxylation is 1. The molecule has 1 N–H and O–H groups in total. The maximum Gasteiger partial charge on any atom is 0.410 e. The summed E-state index contributed by atoms with van der Waals surface area (Å²) in [6.45, 7) is 19.1. The number of amides is 1. The molecular weight excluding hydrogens is 378 g/mol. The number of carbonyl (C=O) groups excluding carboxylic acids is 1. The maximum absolute atomic E-state index is 12.3. The molecule has 0 aromatic heterocycles. The largest absolute Gasteiger partial charge is 0.444 e. The number of rotatable bonds is 8. The standard InChI is InChI=1S/C24H43NO3Si/c1-18(2)21-12-11-19(13-15-24(6,7)29(9,10)27)17-20(21)14-16-25(8)22(26)28-23(3,4)5/h11-12,17-18,27H,13-16H2,1-10H3. The second-order valence-electron chi connectivity index (χ2n) is 10.8. The molecule has 5 heteroatoms. The number of nitrogens with zero attached hydrogens (tertiary/aromatic N) is 1. The molecule has 29 heavy (non-hydrogen) atoms. The van der Waals surface area contributed by atoms with E-state index in [2.05, 4.69) is 45.9 Å². The summed E-state index contributed by atoms with van der Waals surface area (Å²) in [7, 11) is -0.407. The number of hydrogen-bond acceptors (Lipinski definition) is 3. The highest BCUT2D eigenvalue weighted by molar-refractivity contribution is 6.72. The van der Waals surface area contributed by atoms with Crippen molar-refractivity contribution in [1.82, 2.24) is 4.90 Å². The van der Waals surface area contributed by atoms with Gasteiger partial charge in [-0.15, -0.1) is 0 Å². The topological polar surface area (TPSA) is 49.8 Å². The zero-order chi connectivity index (χ0) is 22.6. The Balaban J connectivity index is 2.90. The Bertz CT molecular complexity index is 684. The summed E-state index contributed by atoms with van der Waals surface area (Å²) >= 11 is 0. The fraction of sp³-hybridized carbons (Fsp3) is 0.708. The predicted octanol–water partition coefficient (Wildman–Crippen LogP) is 6.13. The highest BCUT2D eigenvalue weighted by Gasteiger charge is 2.37. The third-order valence-electron chi connectivity index (χ3n) is 5.95. The highest BCUT2D eigenvalue weighted by atomic mass is 28.4. The van der Waals surface area contributed by atoms with Crippen molar-refractivity contribution >= 4 is 14.4 Å². The van der Waals surface area contributed by atoms with Crippen LogP contribution in [0, 0.1) is 0 Å². The van der Waals surface area contributed by atoms with Crippen LogP contribution in [0.4, 0.5) is 4.79 Å². The lowest BCUT2D eigenvalue weighted by Crippen LogP contribution is -2.39. The van der Waals surface area contributed by atoms with Gasteiger partial charge in [0.25, 0.3) is 0 Å². The summed E-state index contributed by atoms with van der Waals surface area (Å²) in [6, 6.07) is 6.75. The highest BCUT2D eigenvalue weighted by Crippen LogP contribution is 2.39. The Labute approximate surface area is 179 Å². The molecule has 4 nitrogen and oxygen atoms in total. The van der Waals surface area contributed by atoms with Gasteiger partial charge < -0.3 is 14.4 Å². The van der Waals surface area contributed by atoms with Gasteiger partial charge in [0.1, 0.15) is 5.60 Å². The van der Waals surface area contributed by atoms with Gasteiger partial charge in [-0.05, 0) is 80.8 Å². The van der Waals surface area contributed by atoms with Gasteiger partial charge in [-0.3, -0.25) is 0 Å². The van der Waals surface area contributed by atoms with Crippen LogP contribution >= 0.6 is 0 Å². The molecule has 1 aromatic carbocycles. The fourth-order valence-electron chi connectivity index (χ4n) is 3.08. The van der Waals surface area contributed by atoms with Crippen molar-refractivity contribution < 1.29 is 14.3 Å². The van der Waals surface area contributed by atoms with Crippen LogP contribution in [0.5, 0.6) is 0 Å². The van der Waals surface area contributed by atoms with Crippen molar-refractivity contribution in [2.45, 2.75) is 97.4 Å². The number of benzene rings is 1. The van der Waals surface area contributed by atoms with Crippen LogP contribution in [0.15, 0.2) is 18.2 Å². The SMILES string of the molecule is CC(C)c1ccc(CCC(C)(C)[Si](C)(C)O)cc1CCN(C)C(=O)OC(C)(C)C. The Morgan fingerprint density at radius 2 is 1.72 bits per heavy atom. The fourth-order valence-corrected chi connectivity index (χ4v) is 3.81. The van der Waals surface area contributed by atoms with Crippen molar-refractivity contribution in [3.05, 3.63) is 34.9 Å². The summed E-state index contributed by atoms with van der Waals surface area (Å²) in [6.07, 6.45) is 2.45. The number of ether oxygens (including phenoxy) is 1. The van der Waals surface area contributed by atoms with Gasteiger partial charge >= 0.3 is 6.09 Å². The molecule has 0 aliphatic carbocycles. The monoisotopic (exact) mass is 421 g/mol. The van der Waals surface area contributed by atoms with E-state index in [1.165, 1.54) is 16.7 Å². The first kappa shape index (κ1) is 25.7. The molecular formula is C24H43NO3Si. The molecule has 0 radical (unpaired) electrons. The van der Waals surface area contributed by atoms with Crippen LogP contribution in [-0.2, 0) is 17.6 Å². The minimum Gasteiger partial charge on any atom is -0.444 e. The van der Waals surface area contributed by atoms with E-state index in [1.54, 1.807) is 11.9 Å². The molecule has 0 spiro atoms. The molecule has 1 aromatic rings. The minimum absolute atomic E-state index is 0.0270. The molecule has 0 fully saturated rings. The molecule has 0 aliphatic rings. The Morgan fingerprint density at radius 3 is 2.21 bits per heavy atom. The molecule has 1 amide bonds. The first-order chi connectivity index (χ1) is 13.0. The molecule has 0 heterocycles. The van der Waals surface area contributed by atoms with E-state index < -0.39 is 13.9 Å². The molecule has 0 saturated carbocycles. The second kappa shape index (κ2) is 9.65. The molecule has 0 bridgehead atoms. The molecule has 166 valence electrons. The van der Waals surface area contributed by atoms with Crippen molar-refractivity contribution in [3.8, 4) is 0 Å². The van der Waals surface area contributed by atoms with Crippen LogP contribution in [0.25, 0.3) is 0 Å². The van der Waals surface area contributed by atoms with Crippen molar-refractivity contribution in [1.29, 1.82) is 0 Å².